The molecule has 1 saturated heterocycles. The molecule has 0 radical (unpaired) electrons. The van der Waals surface area contributed by atoms with Crippen LogP contribution < -0.4 is 5.32 Å². The second-order valence-electron chi connectivity index (χ2n) is 7.94. The molecule has 1 aromatic rings. The van der Waals surface area contributed by atoms with Gasteiger partial charge >= 0.3 is 5.97 Å². The van der Waals surface area contributed by atoms with Crippen molar-refractivity contribution in [2.24, 2.45) is 11.3 Å². The number of para-hydroxylation sites is 1. The van der Waals surface area contributed by atoms with Crippen LogP contribution >= 0.6 is 0 Å². The SMILES string of the molecule is CC(C)(C)C(=O)Nc1ccccc1C(=O)N1CCCC(CCC(=O)O)C1. The highest BCUT2D eigenvalue weighted by atomic mass is 16.4. The second kappa shape index (κ2) is 8.34. The number of anilines is 1. The van der Waals surface area contributed by atoms with Crippen molar-refractivity contribution >= 4 is 23.5 Å². The van der Waals surface area contributed by atoms with Crippen molar-refractivity contribution in [3.05, 3.63) is 29.8 Å². The summed E-state index contributed by atoms with van der Waals surface area (Å²) in [4.78, 5) is 37.9. The Bertz CT molecular complexity index is 679. The highest BCUT2D eigenvalue weighted by molar-refractivity contribution is 6.04. The molecular weight excluding hydrogens is 332 g/mol. The van der Waals surface area contributed by atoms with Crippen molar-refractivity contribution in [2.75, 3.05) is 18.4 Å². The van der Waals surface area contributed by atoms with E-state index in [0.717, 1.165) is 12.8 Å². The molecule has 0 aliphatic carbocycles. The molecule has 1 aromatic carbocycles. The van der Waals surface area contributed by atoms with E-state index in [4.69, 9.17) is 5.11 Å². The maximum Gasteiger partial charge on any atom is 0.303 e. The quantitative estimate of drug-likeness (QED) is 0.843. The number of likely N-dealkylation sites (tertiary alicyclic amines) is 1. The van der Waals surface area contributed by atoms with Crippen LogP contribution in [-0.4, -0.2) is 40.9 Å². The molecule has 0 saturated carbocycles. The molecule has 2 amide bonds. The van der Waals surface area contributed by atoms with Crippen molar-refractivity contribution in [3.8, 4) is 0 Å². The summed E-state index contributed by atoms with van der Waals surface area (Å²) in [7, 11) is 0. The zero-order valence-electron chi connectivity index (χ0n) is 15.7. The third kappa shape index (κ3) is 5.31. The highest BCUT2D eigenvalue weighted by Gasteiger charge is 2.27. The predicted molar refractivity (Wildman–Crippen MR) is 100 cm³/mol. The van der Waals surface area contributed by atoms with Crippen LogP contribution in [-0.2, 0) is 9.59 Å². The number of rotatable bonds is 5. The lowest BCUT2D eigenvalue weighted by atomic mass is 9.92. The Balaban J connectivity index is 2.11. The minimum absolute atomic E-state index is 0.116. The standard InChI is InChI=1S/C20H28N2O4/c1-20(2,3)19(26)21-16-9-5-4-8-15(16)18(25)22-12-6-7-14(13-22)10-11-17(23)24/h4-5,8-9,14H,6-7,10-13H2,1-3H3,(H,21,26)(H,23,24). The van der Waals surface area contributed by atoms with Gasteiger partial charge in [0.25, 0.3) is 5.91 Å². The first-order valence-electron chi connectivity index (χ1n) is 9.10. The summed E-state index contributed by atoms with van der Waals surface area (Å²) in [5.41, 5.74) is 0.442. The molecule has 1 heterocycles. The minimum atomic E-state index is -0.802. The summed E-state index contributed by atoms with van der Waals surface area (Å²) in [6.45, 7) is 6.69. The summed E-state index contributed by atoms with van der Waals surface area (Å²) < 4.78 is 0. The molecule has 26 heavy (non-hydrogen) atoms. The van der Waals surface area contributed by atoms with Gasteiger partial charge < -0.3 is 15.3 Å². The molecule has 1 atom stereocenters. The number of hydrogen-bond acceptors (Lipinski definition) is 3. The molecule has 0 spiro atoms. The molecule has 6 nitrogen and oxygen atoms in total. The van der Waals surface area contributed by atoms with Crippen LogP contribution in [0.2, 0.25) is 0 Å². The molecule has 6 heteroatoms. The molecule has 1 fully saturated rings. The van der Waals surface area contributed by atoms with Crippen LogP contribution in [0.5, 0.6) is 0 Å². The average molecular weight is 360 g/mol. The van der Waals surface area contributed by atoms with Crippen LogP contribution in [0.4, 0.5) is 5.69 Å². The monoisotopic (exact) mass is 360 g/mol. The van der Waals surface area contributed by atoms with E-state index in [1.165, 1.54) is 0 Å². The van der Waals surface area contributed by atoms with Gasteiger partial charge in [0.1, 0.15) is 0 Å². The zero-order valence-corrected chi connectivity index (χ0v) is 15.7. The van der Waals surface area contributed by atoms with Crippen LogP contribution in [0.15, 0.2) is 24.3 Å². The van der Waals surface area contributed by atoms with Gasteiger partial charge in [-0.1, -0.05) is 32.9 Å². The number of nitrogens with one attached hydrogen (secondary N) is 1. The second-order valence-corrected chi connectivity index (χ2v) is 7.94. The summed E-state index contributed by atoms with van der Waals surface area (Å²) in [6.07, 6.45) is 2.53. The number of carboxylic acids is 1. The van der Waals surface area contributed by atoms with Gasteiger partial charge in [-0.3, -0.25) is 14.4 Å². The number of nitrogens with zero attached hydrogens (tertiary/aromatic N) is 1. The summed E-state index contributed by atoms with van der Waals surface area (Å²) in [5, 5.41) is 11.7. The van der Waals surface area contributed by atoms with Crippen LogP contribution in [0.1, 0.15) is 56.8 Å². The molecule has 1 aliphatic heterocycles. The Morgan fingerprint density at radius 3 is 2.58 bits per heavy atom. The van der Waals surface area contributed by atoms with Crippen molar-refractivity contribution in [1.29, 1.82) is 0 Å². The van der Waals surface area contributed by atoms with E-state index in [0.29, 0.717) is 30.8 Å². The molecular formula is C20H28N2O4. The van der Waals surface area contributed by atoms with E-state index in [9.17, 15) is 14.4 Å². The Morgan fingerprint density at radius 2 is 1.92 bits per heavy atom. The lowest BCUT2D eigenvalue weighted by Crippen LogP contribution is -2.40. The minimum Gasteiger partial charge on any atom is -0.481 e. The molecule has 142 valence electrons. The van der Waals surface area contributed by atoms with E-state index in [2.05, 4.69) is 5.32 Å². The molecule has 0 bridgehead atoms. The Labute approximate surface area is 154 Å². The third-order valence-electron chi connectivity index (χ3n) is 4.66. The van der Waals surface area contributed by atoms with Crippen molar-refractivity contribution < 1.29 is 19.5 Å². The number of carbonyl (C=O) groups is 3. The van der Waals surface area contributed by atoms with Gasteiger partial charge in [-0.2, -0.15) is 0 Å². The fourth-order valence-electron chi connectivity index (χ4n) is 3.07. The molecule has 1 aliphatic rings. The number of aliphatic carboxylic acids is 1. The van der Waals surface area contributed by atoms with Crippen molar-refractivity contribution in [1.82, 2.24) is 4.90 Å². The van der Waals surface area contributed by atoms with E-state index in [1.807, 2.05) is 20.8 Å². The van der Waals surface area contributed by atoms with Gasteiger partial charge in [-0.15, -0.1) is 0 Å². The van der Waals surface area contributed by atoms with Crippen LogP contribution in [0.25, 0.3) is 0 Å². The molecule has 1 unspecified atom stereocenters. The Kier molecular flexibility index (Phi) is 6.40. The smallest absolute Gasteiger partial charge is 0.303 e. The number of carboxylic acid groups (broad SMARTS) is 1. The lowest BCUT2D eigenvalue weighted by molar-refractivity contribution is -0.137. The van der Waals surface area contributed by atoms with Crippen molar-refractivity contribution in [2.45, 2.75) is 46.5 Å². The maximum absolute atomic E-state index is 13.0. The van der Waals surface area contributed by atoms with Gasteiger partial charge in [0.15, 0.2) is 0 Å². The summed E-state index contributed by atoms with van der Waals surface area (Å²) >= 11 is 0. The fraction of sp³-hybridized carbons (Fsp3) is 0.550. The van der Waals surface area contributed by atoms with Gasteiger partial charge in [0.2, 0.25) is 5.91 Å². The predicted octanol–water partition coefficient (Wildman–Crippen LogP) is 3.39. The largest absolute Gasteiger partial charge is 0.481 e. The van der Waals surface area contributed by atoms with Crippen LogP contribution in [0.3, 0.4) is 0 Å². The number of hydrogen-bond donors (Lipinski definition) is 2. The van der Waals surface area contributed by atoms with Gasteiger partial charge in [0.05, 0.1) is 11.3 Å². The molecule has 2 rings (SSSR count). The first-order chi connectivity index (χ1) is 12.2. The lowest BCUT2D eigenvalue weighted by Gasteiger charge is -2.33. The van der Waals surface area contributed by atoms with Gasteiger partial charge in [0, 0.05) is 24.9 Å². The first kappa shape index (κ1) is 19.9. The topological polar surface area (TPSA) is 86.7 Å². The number of carbonyl (C=O) groups excluding carboxylic acids is 2. The van der Waals surface area contributed by atoms with E-state index >= 15 is 0 Å². The Morgan fingerprint density at radius 1 is 1.23 bits per heavy atom. The van der Waals surface area contributed by atoms with E-state index in [-0.39, 0.29) is 24.2 Å². The number of amides is 2. The Hall–Kier alpha value is -2.37. The first-order valence-corrected chi connectivity index (χ1v) is 9.10. The zero-order chi connectivity index (χ0) is 19.3. The summed E-state index contributed by atoms with van der Waals surface area (Å²) in [6, 6.07) is 7.04. The molecule has 2 N–H and O–H groups in total. The highest BCUT2D eigenvalue weighted by Crippen LogP contribution is 2.26. The average Bonchev–Trinajstić information content (AvgIpc) is 2.59. The van der Waals surface area contributed by atoms with Crippen molar-refractivity contribution in [3.63, 3.8) is 0 Å². The maximum atomic E-state index is 13.0. The van der Waals surface area contributed by atoms with Gasteiger partial charge in [-0.05, 0) is 37.3 Å². The normalized spacial score (nSPS) is 17.7. The number of benzene rings is 1. The summed E-state index contributed by atoms with van der Waals surface area (Å²) in [5.74, 6) is -0.852. The van der Waals surface area contributed by atoms with Crippen LogP contribution in [0, 0.1) is 11.3 Å². The molecule has 0 aromatic heterocycles. The van der Waals surface area contributed by atoms with E-state index in [1.54, 1.807) is 29.2 Å². The fourth-order valence-corrected chi connectivity index (χ4v) is 3.07. The third-order valence-corrected chi connectivity index (χ3v) is 4.66. The van der Waals surface area contributed by atoms with Gasteiger partial charge in [-0.25, -0.2) is 0 Å². The van der Waals surface area contributed by atoms with E-state index < -0.39 is 11.4 Å². The number of piperidine rings is 1.